The Bertz CT molecular complexity index is 541. The summed E-state index contributed by atoms with van der Waals surface area (Å²) < 4.78 is 0. The minimum Gasteiger partial charge on any atom is -0.478 e. The highest BCUT2D eigenvalue weighted by molar-refractivity contribution is 5.87. The molecule has 1 aromatic rings. The second-order valence-electron chi connectivity index (χ2n) is 7.33. The van der Waals surface area contributed by atoms with Crippen LogP contribution in [0.5, 0.6) is 0 Å². The van der Waals surface area contributed by atoms with Gasteiger partial charge >= 0.3 is 5.97 Å². The van der Waals surface area contributed by atoms with Crippen molar-refractivity contribution < 1.29 is 9.90 Å². The van der Waals surface area contributed by atoms with Crippen LogP contribution in [0.15, 0.2) is 24.3 Å². The first-order valence-corrected chi connectivity index (χ1v) is 9.46. The first-order valence-electron chi connectivity index (χ1n) is 9.46. The highest BCUT2D eigenvalue weighted by atomic mass is 16.4. The molecule has 0 aliphatic carbocycles. The van der Waals surface area contributed by atoms with Crippen LogP contribution in [0.1, 0.15) is 54.9 Å². The summed E-state index contributed by atoms with van der Waals surface area (Å²) in [6.45, 7) is 7.95. The van der Waals surface area contributed by atoms with Gasteiger partial charge in [-0.05, 0) is 68.9 Å². The Labute approximate surface area is 145 Å². The second kappa shape index (κ2) is 8.13. The number of piperidine rings is 2. The first-order chi connectivity index (χ1) is 11.7. The molecule has 2 heterocycles. The van der Waals surface area contributed by atoms with Gasteiger partial charge in [-0.2, -0.15) is 0 Å². The zero-order valence-electron chi connectivity index (χ0n) is 14.8. The lowest BCUT2D eigenvalue weighted by molar-refractivity contribution is 0.0399. The summed E-state index contributed by atoms with van der Waals surface area (Å²) in [7, 11) is 0. The second-order valence-corrected chi connectivity index (χ2v) is 7.33. The molecule has 0 saturated carbocycles. The Balaban J connectivity index is 1.60. The Kier molecular flexibility index (Phi) is 5.90. The lowest BCUT2D eigenvalue weighted by atomic mass is 9.83. The molecule has 0 aromatic heterocycles. The maximum absolute atomic E-state index is 11.0. The number of benzene rings is 1. The van der Waals surface area contributed by atoms with E-state index in [9.17, 15) is 4.79 Å². The molecule has 24 heavy (non-hydrogen) atoms. The van der Waals surface area contributed by atoms with E-state index < -0.39 is 5.97 Å². The van der Waals surface area contributed by atoms with E-state index >= 15 is 0 Å². The van der Waals surface area contributed by atoms with Crippen molar-refractivity contribution in [1.29, 1.82) is 0 Å². The van der Waals surface area contributed by atoms with Crippen molar-refractivity contribution in [1.82, 2.24) is 9.80 Å². The average molecular weight is 330 g/mol. The molecule has 0 radical (unpaired) electrons. The molecule has 0 amide bonds. The van der Waals surface area contributed by atoms with Crippen LogP contribution in [0.4, 0.5) is 0 Å². The van der Waals surface area contributed by atoms with Gasteiger partial charge in [0.15, 0.2) is 0 Å². The summed E-state index contributed by atoms with van der Waals surface area (Å²) in [6, 6.07) is 8.14. The number of rotatable bonds is 6. The SMILES string of the molecule is CCN(Cc1ccc(C(=O)O)cc1)C[C@@H]1CCCN2CCCC[C@H]12. The van der Waals surface area contributed by atoms with Crippen molar-refractivity contribution in [2.45, 2.75) is 51.6 Å². The summed E-state index contributed by atoms with van der Waals surface area (Å²) in [6.07, 6.45) is 6.83. The van der Waals surface area contributed by atoms with E-state index in [-0.39, 0.29) is 0 Å². The Hall–Kier alpha value is -1.39. The molecule has 2 saturated heterocycles. The van der Waals surface area contributed by atoms with Crippen LogP contribution in [0.3, 0.4) is 0 Å². The molecule has 0 bridgehead atoms. The molecule has 2 atom stereocenters. The number of hydrogen-bond donors (Lipinski definition) is 1. The predicted molar refractivity (Wildman–Crippen MR) is 96.3 cm³/mol. The van der Waals surface area contributed by atoms with Crippen LogP contribution in [0.2, 0.25) is 0 Å². The van der Waals surface area contributed by atoms with E-state index in [0.29, 0.717) is 5.56 Å². The van der Waals surface area contributed by atoms with Crippen molar-refractivity contribution >= 4 is 5.97 Å². The van der Waals surface area contributed by atoms with E-state index in [1.807, 2.05) is 12.1 Å². The Morgan fingerprint density at radius 3 is 2.62 bits per heavy atom. The highest BCUT2D eigenvalue weighted by Crippen LogP contribution is 2.31. The molecule has 0 spiro atoms. The summed E-state index contributed by atoms with van der Waals surface area (Å²) in [5.74, 6) is -0.0641. The minimum atomic E-state index is -0.853. The smallest absolute Gasteiger partial charge is 0.335 e. The van der Waals surface area contributed by atoms with Gasteiger partial charge < -0.3 is 10.0 Å². The molecule has 0 unspecified atom stereocenters. The summed E-state index contributed by atoms with van der Waals surface area (Å²) in [5.41, 5.74) is 1.57. The number of aromatic carboxylic acids is 1. The topological polar surface area (TPSA) is 43.8 Å². The van der Waals surface area contributed by atoms with E-state index in [4.69, 9.17) is 5.11 Å². The van der Waals surface area contributed by atoms with Gasteiger partial charge in [0.05, 0.1) is 5.56 Å². The third kappa shape index (κ3) is 4.17. The van der Waals surface area contributed by atoms with Crippen LogP contribution in [0, 0.1) is 5.92 Å². The van der Waals surface area contributed by atoms with Gasteiger partial charge in [-0.25, -0.2) is 4.79 Å². The molecule has 4 nitrogen and oxygen atoms in total. The average Bonchev–Trinajstić information content (AvgIpc) is 2.62. The quantitative estimate of drug-likeness (QED) is 0.867. The van der Waals surface area contributed by atoms with Crippen molar-refractivity contribution in [3.05, 3.63) is 35.4 Å². The van der Waals surface area contributed by atoms with Gasteiger partial charge in [0.25, 0.3) is 0 Å². The number of hydrogen-bond acceptors (Lipinski definition) is 3. The van der Waals surface area contributed by atoms with Crippen LogP contribution in [0.25, 0.3) is 0 Å². The standard InChI is InChI=1S/C20H30N2O2/c1-2-21(14-16-8-10-17(11-9-16)20(23)24)15-18-6-5-13-22-12-4-3-7-19(18)22/h8-11,18-19H,2-7,12-15H2,1H3,(H,23,24)/t18-,19+/m0/s1. The van der Waals surface area contributed by atoms with Gasteiger partial charge in [0.2, 0.25) is 0 Å². The van der Waals surface area contributed by atoms with Gasteiger partial charge in [-0.15, -0.1) is 0 Å². The zero-order chi connectivity index (χ0) is 16.9. The van der Waals surface area contributed by atoms with Crippen molar-refractivity contribution in [2.75, 3.05) is 26.2 Å². The molecule has 4 heteroatoms. The van der Waals surface area contributed by atoms with Crippen LogP contribution in [-0.2, 0) is 6.54 Å². The number of nitrogens with zero attached hydrogens (tertiary/aromatic N) is 2. The Morgan fingerprint density at radius 2 is 1.92 bits per heavy atom. The highest BCUT2D eigenvalue weighted by Gasteiger charge is 2.33. The van der Waals surface area contributed by atoms with Crippen molar-refractivity contribution in [2.24, 2.45) is 5.92 Å². The number of fused-ring (bicyclic) bond motifs is 1. The predicted octanol–water partition coefficient (Wildman–Crippen LogP) is 3.47. The molecule has 2 fully saturated rings. The molecule has 132 valence electrons. The van der Waals surface area contributed by atoms with Crippen molar-refractivity contribution in [3.63, 3.8) is 0 Å². The summed E-state index contributed by atoms with van der Waals surface area (Å²) >= 11 is 0. The van der Waals surface area contributed by atoms with Gasteiger partial charge in [-0.3, -0.25) is 4.90 Å². The van der Waals surface area contributed by atoms with E-state index in [0.717, 1.165) is 25.0 Å². The van der Waals surface area contributed by atoms with Crippen LogP contribution in [-0.4, -0.2) is 53.1 Å². The van der Waals surface area contributed by atoms with Crippen molar-refractivity contribution in [3.8, 4) is 0 Å². The maximum atomic E-state index is 11.0. The third-order valence-electron chi connectivity index (χ3n) is 5.78. The monoisotopic (exact) mass is 330 g/mol. The molecular weight excluding hydrogens is 300 g/mol. The molecular formula is C20H30N2O2. The molecule has 2 aliphatic heterocycles. The summed E-state index contributed by atoms with van der Waals surface area (Å²) in [5, 5.41) is 9.02. The Morgan fingerprint density at radius 1 is 1.17 bits per heavy atom. The fourth-order valence-corrected chi connectivity index (χ4v) is 4.44. The van der Waals surface area contributed by atoms with Crippen LogP contribution < -0.4 is 0 Å². The van der Waals surface area contributed by atoms with E-state index in [1.165, 1.54) is 57.3 Å². The fourth-order valence-electron chi connectivity index (χ4n) is 4.44. The molecule has 2 aliphatic rings. The van der Waals surface area contributed by atoms with Gasteiger partial charge in [-0.1, -0.05) is 25.5 Å². The number of carbonyl (C=O) groups is 1. The summed E-state index contributed by atoms with van der Waals surface area (Å²) in [4.78, 5) is 16.2. The minimum absolute atomic E-state index is 0.368. The fraction of sp³-hybridized carbons (Fsp3) is 0.650. The zero-order valence-corrected chi connectivity index (χ0v) is 14.8. The van der Waals surface area contributed by atoms with Gasteiger partial charge in [0, 0.05) is 19.1 Å². The normalized spacial score (nSPS) is 24.8. The number of carboxylic acids is 1. The molecule has 1 aromatic carbocycles. The lowest BCUT2D eigenvalue weighted by Crippen LogP contribution is -2.50. The molecule has 1 N–H and O–H groups in total. The number of carboxylic acid groups (broad SMARTS) is 1. The van der Waals surface area contributed by atoms with Crippen LogP contribution >= 0.6 is 0 Å². The van der Waals surface area contributed by atoms with E-state index in [1.54, 1.807) is 12.1 Å². The first kappa shape index (κ1) is 17.4. The third-order valence-corrected chi connectivity index (χ3v) is 5.78. The molecule has 3 rings (SSSR count). The maximum Gasteiger partial charge on any atom is 0.335 e. The largest absolute Gasteiger partial charge is 0.478 e. The van der Waals surface area contributed by atoms with E-state index in [2.05, 4.69) is 16.7 Å². The van der Waals surface area contributed by atoms with Gasteiger partial charge in [0.1, 0.15) is 0 Å². The lowest BCUT2D eigenvalue weighted by Gasteiger charge is -2.45.